The van der Waals surface area contributed by atoms with Gasteiger partial charge >= 0.3 is 113 Å². The van der Waals surface area contributed by atoms with E-state index in [0.717, 1.165) is 156 Å². The van der Waals surface area contributed by atoms with E-state index in [1.807, 2.05) is 20.1 Å². The van der Waals surface area contributed by atoms with Gasteiger partial charge in [-0.1, -0.05) is 45.8 Å². The van der Waals surface area contributed by atoms with Crippen molar-refractivity contribution in [3.8, 4) is 0 Å². The zero-order valence-corrected chi connectivity index (χ0v) is 83.3. The average molecular weight is 2040 g/mol. The third-order valence-electron chi connectivity index (χ3n) is 21.6. The van der Waals surface area contributed by atoms with Crippen molar-refractivity contribution in [3.05, 3.63) is 23.8 Å². The van der Waals surface area contributed by atoms with Crippen molar-refractivity contribution < 1.29 is 243 Å². The minimum absolute atomic E-state index is 0.00939. The fourth-order valence-electron chi connectivity index (χ4n) is 16.5. The van der Waals surface area contributed by atoms with Gasteiger partial charge in [0.1, 0.15) is 113 Å². The topological polar surface area (TPSA) is 631 Å². The normalized spacial score (nSPS) is 31.9. The molecule has 32 atom stereocenters. The Morgan fingerprint density at radius 2 is 0.465 bits per heavy atom. The Kier molecular flexibility index (Phi) is 47.4. The first kappa shape index (κ1) is 120. The molecule has 800 valence electrons. The highest BCUT2D eigenvalue weighted by molar-refractivity contribution is 5.81. The quantitative estimate of drug-likeness (QED) is 0.0412. The SMILES string of the molecule is CC(=O)OC[C@H]1O[C@@H]2O[C@H]3[C@H](OC(C)=O)[C@@H](OC(C)=O)[C@@H](O[C@H]4[C@H](OC(C)=O)[C@@H](OC(C)=O)[C@@H](O[C@H]5[C@H](OC(C)=O)[C@@H](OC(C)=O)[C@@H](O[C@H]6[C@H](OC(C)=O)[C@@H](OC(C)=O)[C@@H](O[C@H]7[C@H](OC(C)=O)[C@@H](OC(C)=O)[C@@H](O[C@H]1[C@H](OC(C)=O)[C@@H]2OC(C)=O)O[C@@H]7COC(C)=O)O[C@@H]6COC(C)=O)O[C@@H]5COC(C)=O)O[C@@H]4COC(C)=O)O[C@@H]3COC(C)=O.COC(C)(CCCC(C)C/C=C/C(C)=C/C(=O)O)CC(C)C. The number of carboxylic acid groups (broad SMARTS) is 1. The lowest BCUT2D eigenvalue weighted by atomic mass is 9.87. The molecule has 0 spiro atoms. The van der Waals surface area contributed by atoms with E-state index in [-0.39, 0.29) is 5.60 Å². The standard InChI is InChI=1S/C72H96O48.C19H34O3/c1-25(73)91-19-43-49-55(97-31(7)79)61(103-37(13)85)67(109-43)116-50-44(20-92-26(2)74)111-69(63(105-39(15)87)56(50)98-32(8)80)118-52-46(22-94-28(4)76)113-71(65(107-41(17)89)58(52)100-34(10)82)120-54-48(24-96-30(6)78)114-72(66(108-42(18)90)60(54)102-36(12)84)119-53-47(23-95-29(5)77)112-70(64(106-40(16)88)59(53)101-35(11)83)117-51-45(21-93-27(3)75)110-68(115-49)62(104-38(14)86)57(51)99-33(9)81;1-15(2)14-19(5,22-6)12-8-11-16(3)9-7-10-17(4)13-18(20)21/h43-72H,19-24H2,1-18H3;7,10,13,15-16H,8-9,11-12,14H2,1-6H3,(H,20,21)/b;10-7+,17-13+/t43-,44-,45-,46-,47-,48-,49-,50-,51-,52-,53-,54-,55+,56+,57+,58+,59+,60+,61-,62-,63-,64-,65-,66+,67-,68-,69-,70-,71-,72-;/m1./s1. The molecule has 22 aliphatic heterocycles. The van der Waals surface area contributed by atoms with Crippen LogP contribution in [-0.2, 0) is 238 Å². The van der Waals surface area contributed by atoms with E-state index in [4.69, 9.17) is 152 Å². The smallest absolute Gasteiger partial charge is 0.328 e. The molecule has 51 nitrogen and oxygen atoms in total. The molecule has 22 rings (SSSR count). The van der Waals surface area contributed by atoms with Gasteiger partial charge in [-0.2, -0.15) is 0 Å². The molecule has 12 bridgehead atoms. The molecule has 22 fully saturated rings. The van der Waals surface area contributed by atoms with E-state index in [1.54, 1.807) is 0 Å². The lowest BCUT2D eigenvalue weighted by molar-refractivity contribution is -0.404. The second-order valence-corrected chi connectivity index (χ2v) is 34.7. The number of carboxylic acids is 1. The summed E-state index contributed by atoms with van der Waals surface area (Å²) in [6.07, 6.45) is -56.6. The molecule has 0 aromatic carbocycles. The maximum Gasteiger partial charge on any atom is 0.328 e. The van der Waals surface area contributed by atoms with Crippen LogP contribution in [0.25, 0.3) is 0 Å². The van der Waals surface area contributed by atoms with Gasteiger partial charge in [-0.15, -0.1) is 0 Å². The molecule has 0 radical (unpaired) electrons. The summed E-state index contributed by atoms with van der Waals surface area (Å²) in [5, 5.41) is 8.65. The molecule has 22 saturated heterocycles. The molecule has 0 aromatic heterocycles. The molecule has 0 saturated carbocycles. The zero-order valence-electron chi connectivity index (χ0n) is 83.3. The van der Waals surface area contributed by atoms with Crippen LogP contribution in [-0.4, -0.2) is 355 Å². The number of aliphatic carboxylic acids is 1. The summed E-state index contributed by atoms with van der Waals surface area (Å²) < 4.78 is 188. The van der Waals surface area contributed by atoms with Crippen molar-refractivity contribution >= 4 is 113 Å². The number of allylic oxidation sites excluding steroid dienone is 3. The third-order valence-corrected chi connectivity index (χ3v) is 21.6. The number of ether oxygens (including phenoxy) is 31. The first-order valence-corrected chi connectivity index (χ1v) is 45.3. The predicted octanol–water partition coefficient (Wildman–Crippen LogP) is 2.44. The van der Waals surface area contributed by atoms with Crippen LogP contribution in [0.1, 0.15) is 191 Å². The predicted molar refractivity (Wildman–Crippen MR) is 461 cm³/mol. The lowest BCUT2D eigenvalue weighted by Crippen LogP contribution is -2.71. The molecule has 22 heterocycles. The van der Waals surface area contributed by atoms with Crippen LogP contribution < -0.4 is 0 Å². The number of hydrogen-bond acceptors (Lipinski definition) is 50. The average Bonchev–Trinajstić information content (AvgIpc) is 0.751. The molecular weight excluding hydrogens is 1910 g/mol. The summed E-state index contributed by atoms with van der Waals surface area (Å²) in [7, 11) is 1.81. The van der Waals surface area contributed by atoms with E-state index in [2.05, 4.69) is 33.8 Å². The molecular formula is C91H130O51. The van der Waals surface area contributed by atoms with Crippen LogP contribution in [0.15, 0.2) is 23.8 Å². The van der Waals surface area contributed by atoms with Gasteiger partial charge < -0.3 is 152 Å². The number of rotatable bonds is 35. The second-order valence-electron chi connectivity index (χ2n) is 34.7. The number of hydrogen-bond donors (Lipinski definition) is 1. The van der Waals surface area contributed by atoms with Crippen molar-refractivity contribution in [2.45, 2.75) is 381 Å². The summed E-state index contributed by atoms with van der Waals surface area (Å²) in [5.41, 5.74) is 0.772. The first-order chi connectivity index (χ1) is 66.5. The van der Waals surface area contributed by atoms with Crippen molar-refractivity contribution in [1.82, 2.24) is 0 Å². The largest absolute Gasteiger partial charge is 0.478 e. The number of esters is 18. The highest BCUT2D eigenvalue weighted by Crippen LogP contribution is 2.45. The Morgan fingerprint density at radius 3 is 0.620 bits per heavy atom. The summed E-state index contributed by atoms with van der Waals surface area (Å²) in [5.74, 6) is -21.1. The highest BCUT2D eigenvalue weighted by Gasteiger charge is 2.65. The Hall–Kier alpha value is -11.1. The molecule has 51 heteroatoms. The maximum atomic E-state index is 13.8. The van der Waals surface area contributed by atoms with Crippen LogP contribution in [0, 0.1) is 11.8 Å². The Morgan fingerprint density at radius 1 is 0.282 bits per heavy atom. The number of methoxy groups -OCH3 is 1. The zero-order chi connectivity index (χ0) is 106. The van der Waals surface area contributed by atoms with Crippen molar-refractivity contribution in [3.63, 3.8) is 0 Å². The molecule has 0 amide bonds. The first-order valence-electron chi connectivity index (χ1n) is 45.3. The minimum Gasteiger partial charge on any atom is -0.478 e. The van der Waals surface area contributed by atoms with Gasteiger partial charge in [0.05, 0.1) is 5.60 Å². The van der Waals surface area contributed by atoms with Crippen molar-refractivity contribution in [1.29, 1.82) is 0 Å². The van der Waals surface area contributed by atoms with Crippen molar-refractivity contribution in [2.75, 3.05) is 46.8 Å². The molecule has 1 N–H and O–H groups in total. The van der Waals surface area contributed by atoms with Crippen LogP contribution >= 0.6 is 0 Å². The second kappa shape index (κ2) is 56.2. The fourth-order valence-corrected chi connectivity index (χ4v) is 16.5. The van der Waals surface area contributed by atoms with Crippen LogP contribution in [0.4, 0.5) is 0 Å². The summed E-state index contributed by atoms with van der Waals surface area (Å²) in [6.45, 7) is 19.9. The lowest BCUT2D eigenvalue weighted by Gasteiger charge is -2.52. The van der Waals surface area contributed by atoms with E-state index in [1.165, 1.54) is 12.5 Å². The van der Waals surface area contributed by atoms with Gasteiger partial charge in [-0.05, 0) is 50.5 Å². The van der Waals surface area contributed by atoms with Crippen molar-refractivity contribution in [2.24, 2.45) is 11.8 Å². The summed E-state index contributed by atoms with van der Waals surface area (Å²) in [6, 6.07) is 0. The molecule has 0 aromatic rings. The third kappa shape index (κ3) is 37.9. The Labute approximate surface area is 817 Å². The van der Waals surface area contributed by atoms with Gasteiger partial charge in [0.2, 0.25) is 0 Å². The molecule has 0 aliphatic carbocycles. The van der Waals surface area contributed by atoms with Crippen LogP contribution in [0.2, 0.25) is 0 Å². The van der Waals surface area contributed by atoms with E-state index in [0.29, 0.717) is 11.8 Å². The Balaban J connectivity index is 0.00000124. The monoisotopic (exact) mass is 2040 g/mol. The van der Waals surface area contributed by atoms with Gasteiger partial charge in [0.25, 0.3) is 0 Å². The minimum atomic E-state index is -2.39. The summed E-state index contributed by atoms with van der Waals surface area (Å²) in [4.78, 5) is 253. The summed E-state index contributed by atoms with van der Waals surface area (Å²) >= 11 is 0. The van der Waals surface area contributed by atoms with E-state index in [9.17, 15) is 91.1 Å². The van der Waals surface area contributed by atoms with E-state index >= 15 is 0 Å². The van der Waals surface area contributed by atoms with Gasteiger partial charge in [0, 0.05) is 138 Å². The molecule has 142 heavy (non-hydrogen) atoms. The van der Waals surface area contributed by atoms with E-state index < -0.39 is 337 Å². The maximum absolute atomic E-state index is 13.8. The Bertz CT molecular complexity index is 3820. The van der Waals surface area contributed by atoms with Gasteiger partial charge in [-0.25, -0.2) is 4.79 Å². The fraction of sp³-hybridized carbons (Fsp3) is 0.747. The van der Waals surface area contributed by atoms with Gasteiger partial charge in [0.15, 0.2) is 111 Å². The number of carbonyl (C=O) groups is 19. The molecule has 2 unspecified atom stereocenters. The molecule has 22 aliphatic rings. The van der Waals surface area contributed by atoms with Gasteiger partial charge in [-0.3, -0.25) is 86.3 Å². The highest BCUT2D eigenvalue weighted by atomic mass is 16.8. The number of carbonyl (C=O) groups excluding carboxylic acids is 18. The van der Waals surface area contributed by atoms with Crippen LogP contribution in [0.3, 0.4) is 0 Å². The van der Waals surface area contributed by atoms with Crippen LogP contribution in [0.5, 0.6) is 0 Å².